The van der Waals surface area contributed by atoms with Crippen LogP contribution in [0, 0.1) is 0 Å². The maximum absolute atomic E-state index is 12.5. The zero-order chi connectivity index (χ0) is 16.9. The fraction of sp³-hybridized carbons (Fsp3) is 0.632. The van der Waals surface area contributed by atoms with Crippen LogP contribution in [-0.4, -0.2) is 67.1 Å². The second-order valence-corrected chi connectivity index (χ2v) is 7.01. The Morgan fingerprint density at radius 3 is 2.29 bits per heavy atom. The van der Waals surface area contributed by atoms with Crippen LogP contribution in [0.15, 0.2) is 24.3 Å². The van der Waals surface area contributed by atoms with Crippen LogP contribution in [-0.2, 0) is 0 Å². The summed E-state index contributed by atoms with van der Waals surface area (Å²) in [5.41, 5.74) is 0.749. The third kappa shape index (κ3) is 4.28. The minimum Gasteiger partial charge on any atom is -0.490 e. The number of piperazine rings is 1. The molecule has 2 aliphatic heterocycles. The smallest absolute Gasteiger partial charge is 0.253 e. The van der Waals surface area contributed by atoms with Crippen LogP contribution >= 0.6 is 0 Å². The van der Waals surface area contributed by atoms with Gasteiger partial charge in [-0.1, -0.05) is 0 Å². The van der Waals surface area contributed by atoms with Gasteiger partial charge < -0.3 is 19.9 Å². The van der Waals surface area contributed by atoms with Gasteiger partial charge in [0.15, 0.2) is 0 Å². The molecule has 2 heterocycles. The van der Waals surface area contributed by atoms with Crippen molar-refractivity contribution in [3.63, 3.8) is 0 Å². The summed E-state index contributed by atoms with van der Waals surface area (Å²) < 4.78 is 6.10. The van der Waals surface area contributed by atoms with Crippen molar-refractivity contribution in [3.05, 3.63) is 29.8 Å². The normalized spacial score (nSPS) is 20.4. The number of carbonyl (C=O) groups excluding carboxylic acids is 1. The van der Waals surface area contributed by atoms with Crippen LogP contribution in [0.3, 0.4) is 0 Å². The van der Waals surface area contributed by atoms with Gasteiger partial charge >= 0.3 is 0 Å². The Kier molecular flexibility index (Phi) is 5.74. The van der Waals surface area contributed by atoms with Crippen molar-refractivity contribution in [1.29, 1.82) is 0 Å². The standard InChI is InChI=1S/C19H29N3O2/c1-15(2)21-11-7-18(8-12-21)24-17-5-3-16(4-6-17)19(23)22-13-9-20-10-14-22/h3-6,15,18,20H,7-14H2,1-2H3. The van der Waals surface area contributed by atoms with Crippen LogP contribution in [0.1, 0.15) is 37.0 Å². The molecule has 2 aliphatic rings. The van der Waals surface area contributed by atoms with Crippen LogP contribution in [0.25, 0.3) is 0 Å². The predicted molar refractivity (Wildman–Crippen MR) is 95.6 cm³/mol. The van der Waals surface area contributed by atoms with E-state index >= 15 is 0 Å². The zero-order valence-electron chi connectivity index (χ0n) is 14.8. The number of nitrogens with zero attached hydrogens (tertiary/aromatic N) is 2. The molecule has 2 fully saturated rings. The number of piperidine rings is 1. The van der Waals surface area contributed by atoms with E-state index in [9.17, 15) is 4.79 Å². The molecule has 0 saturated carbocycles. The summed E-state index contributed by atoms with van der Waals surface area (Å²) in [6.07, 6.45) is 2.42. The largest absolute Gasteiger partial charge is 0.490 e. The fourth-order valence-corrected chi connectivity index (χ4v) is 3.43. The maximum Gasteiger partial charge on any atom is 0.253 e. The minimum absolute atomic E-state index is 0.119. The van der Waals surface area contributed by atoms with Gasteiger partial charge in [-0.05, 0) is 51.0 Å². The van der Waals surface area contributed by atoms with Crippen LogP contribution in [0.2, 0.25) is 0 Å². The van der Waals surface area contributed by atoms with E-state index in [1.165, 1.54) is 0 Å². The fourth-order valence-electron chi connectivity index (χ4n) is 3.43. The van der Waals surface area contributed by atoms with Gasteiger partial charge in [-0.3, -0.25) is 4.79 Å². The lowest BCUT2D eigenvalue weighted by molar-refractivity contribution is 0.0735. The van der Waals surface area contributed by atoms with Crippen molar-refractivity contribution in [1.82, 2.24) is 15.1 Å². The van der Waals surface area contributed by atoms with Gasteiger partial charge in [0.2, 0.25) is 0 Å². The first-order valence-electron chi connectivity index (χ1n) is 9.14. The zero-order valence-corrected chi connectivity index (χ0v) is 14.8. The lowest BCUT2D eigenvalue weighted by atomic mass is 10.1. The lowest BCUT2D eigenvalue weighted by Gasteiger charge is -2.34. The van der Waals surface area contributed by atoms with E-state index < -0.39 is 0 Å². The Morgan fingerprint density at radius 2 is 1.71 bits per heavy atom. The molecule has 1 N–H and O–H groups in total. The number of likely N-dealkylation sites (tertiary alicyclic amines) is 1. The number of nitrogens with one attached hydrogen (secondary N) is 1. The molecule has 1 amide bonds. The monoisotopic (exact) mass is 331 g/mol. The summed E-state index contributed by atoms with van der Waals surface area (Å²) in [7, 11) is 0. The van der Waals surface area contributed by atoms with Gasteiger partial charge in [0.1, 0.15) is 11.9 Å². The molecule has 0 atom stereocenters. The first-order chi connectivity index (χ1) is 11.6. The third-order valence-electron chi connectivity index (χ3n) is 5.02. The average Bonchev–Trinajstić information content (AvgIpc) is 2.63. The average molecular weight is 331 g/mol. The molecule has 5 heteroatoms. The highest BCUT2D eigenvalue weighted by molar-refractivity contribution is 5.94. The van der Waals surface area contributed by atoms with Crippen LogP contribution < -0.4 is 10.1 Å². The van der Waals surface area contributed by atoms with E-state index in [4.69, 9.17) is 4.74 Å². The molecule has 0 radical (unpaired) electrons. The molecule has 0 bridgehead atoms. The predicted octanol–water partition coefficient (Wildman–Crippen LogP) is 1.98. The van der Waals surface area contributed by atoms with Gasteiger partial charge in [-0.25, -0.2) is 0 Å². The lowest BCUT2D eigenvalue weighted by Crippen LogP contribution is -2.46. The van der Waals surface area contributed by atoms with E-state index in [0.717, 1.165) is 63.4 Å². The number of rotatable bonds is 4. The summed E-state index contributed by atoms with van der Waals surface area (Å²) >= 11 is 0. The molecule has 0 unspecified atom stereocenters. The molecule has 24 heavy (non-hydrogen) atoms. The summed E-state index contributed by atoms with van der Waals surface area (Å²) in [6, 6.07) is 8.27. The molecule has 2 saturated heterocycles. The van der Waals surface area contributed by atoms with E-state index in [1.54, 1.807) is 0 Å². The van der Waals surface area contributed by atoms with Gasteiger partial charge in [-0.15, -0.1) is 0 Å². The molecular weight excluding hydrogens is 302 g/mol. The number of hydrogen-bond acceptors (Lipinski definition) is 4. The van der Waals surface area contributed by atoms with Crippen molar-refractivity contribution < 1.29 is 9.53 Å². The van der Waals surface area contributed by atoms with Crippen molar-refractivity contribution in [3.8, 4) is 5.75 Å². The topological polar surface area (TPSA) is 44.8 Å². The first kappa shape index (κ1) is 17.2. The molecule has 3 rings (SSSR count). The first-order valence-corrected chi connectivity index (χ1v) is 9.14. The third-order valence-corrected chi connectivity index (χ3v) is 5.02. The highest BCUT2D eigenvalue weighted by atomic mass is 16.5. The number of carbonyl (C=O) groups is 1. The Bertz CT molecular complexity index is 530. The summed E-state index contributed by atoms with van der Waals surface area (Å²) in [5, 5.41) is 3.27. The Morgan fingerprint density at radius 1 is 1.08 bits per heavy atom. The van der Waals surface area contributed by atoms with Crippen molar-refractivity contribution in [2.24, 2.45) is 0 Å². The van der Waals surface area contributed by atoms with E-state index in [0.29, 0.717) is 6.04 Å². The molecule has 0 aliphatic carbocycles. The second-order valence-electron chi connectivity index (χ2n) is 7.01. The Hall–Kier alpha value is -1.59. The van der Waals surface area contributed by atoms with Crippen LogP contribution in [0.4, 0.5) is 0 Å². The molecule has 132 valence electrons. The number of ether oxygens (including phenoxy) is 1. The van der Waals surface area contributed by atoms with Crippen molar-refractivity contribution in [2.45, 2.75) is 38.8 Å². The van der Waals surface area contributed by atoms with Crippen LogP contribution in [0.5, 0.6) is 5.75 Å². The molecule has 1 aromatic rings. The minimum atomic E-state index is 0.119. The molecule has 0 spiro atoms. The molecule has 0 aromatic heterocycles. The van der Waals surface area contributed by atoms with E-state index in [-0.39, 0.29) is 12.0 Å². The van der Waals surface area contributed by atoms with E-state index in [1.807, 2.05) is 29.2 Å². The Balaban J connectivity index is 1.52. The van der Waals surface area contributed by atoms with Crippen molar-refractivity contribution in [2.75, 3.05) is 39.3 Å². The van der Waals surface area contributed by atoms with E-state index in [2.05, 4.69) is 24.1 Å². The highest BCUT2D eigenvalue weighted by Gasteiger charge is 2.22. The van der Waals surface area contributed by atoms with Gasteiger partial charge in [0.05, 0.1) is 0 Å². The Labute approximate surface area is 145 Å². The molecule has 5 nitrogen and oxygen atoms in total. The quantitative estimate of drug-likeness (QED) is 0.916. The summed E-state index contributed by atoms with van der Waals surface area (Å²) in [5.74, 6) is 0.989. The van der Waals surface area contributed by atoms with Gasteiger partial charge in [0.25, 0.3) is 5.91 Å². The maximum atomic E-state index is 12.5. The van der Waals surface area contributed by atoms with Gasteiger partial charge in [0, 0.05) is 50.9 Å². The van der Waals surface area contributed by atoms with Gasteiger partial charge in [-0.2, -0.15) is 0 Å². The summed E-state index contributed by atoms with van der Waals surface area (Å²) in [4.78, 5) is 16.9. The summed E-state index contributed by atoms with van der Waals surface area (Å²) in [6.45, 7) is 10.0. The second kappa shape index (κ2) is 7.99. The highest BCUT2D eigenvalue weighted by Crippen LogP contribution is 2.21. The number of benzene rings is 1. The number of hydrogen-bond donors (Lipinski definition) is 1. The molecule has 1 aromatic carbocycles. The van der Waals surface area contributed by atoms with Crippen molar-refractivity contribution >= 4 is 5.91 Å². The number of amides is 1. The SMILES string of the molecule is CC(C)N1CCC(Oc2ccc(C(=O)N3CCNCC3)cc2)CC1. The molecular formula is C19H29N3O2.